The third-order valence-corrected chi connectivity index (χ3v) is 8.11. The lowest BCUT2D eigenvalue weighted by atomic mass is 9.96. The Bertz CT molecular complexity index is 962. The highest BCUT2D eigenvalue weighted by Crippen LogP contribution is 2.22. The zero-order valence-electron chi connectivity index (χ0n) is 21.5. The van der Waals surface area contributed by atoms with Gasteiger partial charge >= 0.3 is 12.1 Å². The summed E-state index contributed by atoms with van der Waals surface area (Å²) >= 11 is 0. The monoisotopic (exact) mass is 525 g/mol. The Labute approximate surface area is 214 Å². The lowest BCUT2D eigenvalue weighted by Gasteiger charge is -2.30. The van der Waals surface area contributed by atoms with Crippen LogP contribution >= 0.6 is 0 Å². The van der Waals surface area contributed by atoms with Crippen LogP contribution in [0.25, 0.3) is 0 Å². The molecule has 2 aliphatic heterocycles. The number of sulfonamides is 1. The second-order valence-corrected chi connectivity index (χ2v) is 11.6. The first-order chi connectivity index (χ1) is 17.2. The normalized spacial score (nSPS) is 20.2. The molecule has 0 radical (unpaired) electrons. The summed E-state index contributed by atoms with van der Waals surface area (Å²) in [6.07, 6.45) is 2.97. The van der Waals surface area contributed by atoms with E-state index in [1.165, 1.54) is 7.11 Å². The van der Waals surface area contributed by atoms with Crippen molar-refractivity contribution < 1.29 is 32.2 Å². The first-order valence-electron chi connectivity index (χ1n) is 12.6. The van der Waals surface area contributed by atoms with Gasteiger partial charge < -0.3 is 24.0 Å². The number of methoxy groups -OCH3 is 1. The molecule has 2 aliphatic rings. The van der Waals surface area contributed by atoms with Crippen LogP contribution in [0.4, 0.5) is 4.79 Å². The number of cyclic esters (lactones) is 1. The fourth-order valence-electron chi connectivity index (χ4n) is 4.44. The molecule has 2 unspecified atom stereocenters. The maximum atomic E-state index is 12.3. The van der Waals surface area contributed by atoms with Gasteiger partial charge in [0, 0.05) is 6.54 Å². The van der Waals surface area contributed by atoms with E-state index in [0.717, 1.165) is 44.5 Å². The van der Waals surface area contributed by atoms with Gasteiger partial charge in [-0.1, -0.05) is 25.5 Å². The van der Waals surface area contributed by atoms with Gasteiger partial charge in [-0.2, -0.15) is 0 Å². The molecule has 0 aromatic heterocycles. The van der Waals surface area contributed by atoms with Crippen LogP contribution < -0.4 is 9.46 Å². The Morgan fingerprint density at radius 2 is 1.92 bits per heavy atom. The van der Waals surface area contributed by atoms with E-state index in [1.807, 2.05) is 6.92 Å². The van der Waals surface area contributed by atoms with Gasteiger partial charge in [0.1, 0.15) is 18.4 Å². The summed E-state index contributed by atoms with van der Waals surface area (Å²) in [4.78, 5) is 28.5. The smallest absolute Gasteiger partial charge is 0.410 e. The summed E-state index contributed by atoms with van der Waals surface area (Å²) in [6.45, 7) is 5.50. The number of unbranched alkanes of at least 4 members (excludes halogenated alkanes) is 1. The Kier molecular flexibility index (Phi) is 10.4. The molecule has 11 heteroatoms. The number of ether oxygens (including phenoxy) is 3. The van der Waals surface area contributed by atoms with Gasteiger partial charge in [-0.3, -0.25) is 4.79 Å². The van der Waals surface area contributed by atoms with Crippen LogP contribution in [0, 0.1) is 5.92 Å². The predicted molar refractivity (Wildman–Crippen MR) is 135 cm³/mol. The van der Waals surface area contributed by atoms with Crippen LogP contribution in [0.15, 0.2) is 24.3 Å². The fourth-order valence-corrected chi connectivity index (χ4v) is 5.84. The number of hydrogen-bond donors (Lipinski definition) is 1. The summed E-state index contributed by atoms with van der Waals surface area (Å²) in [6, 6.07) is 6.05. The molecule has 3 rings (SSSR count). The van der Waals surface area contributed by atoms with Gasteiger partial charge in [-0.25, -0.2) is 17.9 Å². The number of esters is 1. The molecule has 1 aromatic carbocycles. The van der Waals surface area contributed by atoms with Crippen molar-refractivity contribution in [2.24, 2.45) is 5.92 Å². The molecule has 1 aromatic rings. The van der Waals surface area contributed by atoms with Crippen molar-refractivity contribution in [3.63, 3.8) is 0 Å². The number of amides is 1. The zero-order valence-corrected chi connectivity index (χ0v) is 22.3. The van der Waals surface area contributed by atoms with Crippen LogP contribution in [0.1, 0.15) is 38.2 Å². The van der Waals surface area contributed by atoms with E-state index in [0.29, 0.717) is 24.6 Å². The van der Waals surface area contributed by atoms with Gasteiger partial charge in [-0.15, -0.1) is 0 Å². The minimum Gasteiger partial charge on any atom is -0.490 e. The molecule has 0 spiro atoms. The van der Waals surface area contributed by atoms with Crippen LogP contribution in [-0.4, -0.2) is 95.1 Å². The summed E-state index contributed by atoms with van der Waals surface area (Å²) in [5.74, 6) is 0.432. The first kappa shape index (κ1) is 28.2. The topological polar surface area (TPSA) is 114 Å². The highest BCUT2D eigenvalue weighted by Gasteiger charge is 2.33. The molecule has 10 nitrogen and oxygen atoms in total. The molecule has 2 saturated heterocycles. The molecule has 2 fully saturated rings. The SMILES string of the molecule is CCCCS(=O)(=O)NC(Cc1ccc(OCC2CN(CC3CCN(C)CC3)C(=O)O2)cc1)C(=O)OC. The third-order valence-electron chi connectivity index (χ3n) is 6.64. The van der Waals surface area contributed by atoms with Crippen molar-refractivity contribution >= 4 is 22.1 Å². The molecule has 2 atom stereocenters. The van der Waals surface area contributed by atoms with Crippen molar-refractivity contribution in [1.29, 1.82) is 0 Å². The van der Waals surface area contributed by atoms with Crippen molar-refractivity contribution in [1.82, 2.24) is 14.5 Å². The van der Waals surface area contributed by atoms with E-state index < -0.39 is 22.0 Å². The van der Waals surface area contributed by atoms with E-state index in [9.17, 15) is 18.0 Å². The number of hydrogen-bond acceptors (Lipinski definition) is 8. The quantitative estimate of drug-likeness (QED) is 0.389. The van der Waals surface area contributed by atoms with Crippen LogP contribution in [0.5, 0.6) is 5.75 Å². The molecule has 0 aliphatic carbocycles. The summed E-state index contributed by atoms with van der Waals surface area (Å²) < 4.78 is 43.1. The number of nitrogens with zero attached hydrogens (tertiary/aromatic N) is 2. The average molecular weight is 526 g/mol. The highest BCUT2D eigenvalue weighted by molar-refractivity contribution is 7.89. The lowest BCUT2D eigenvalue weighted by molar-refractivity contribution is -0.142. The Hall–Kier alpha value is -2.37. The average Bonchev–Trinajstić information content (AvgIpc) is 3.21. The number of nitrogens with one attached hydrogen (secondary N) is 1. The number of likely N-dealkylation sites (tertiary alicyclic amines) is 1. The van der Waals surface area contributed by atoms with E-state index in [-0.39, 0.29) is 31.0 Å². The largest absolute Gasteiger partial charge is 0.490 e. The number of benzene rings is 1. The van der Waals surface area contributed by atoms with Crippen molar-refractivity contribution in [2.45, 2.75) is 51.2 Å². The number of carbonyl (C=O) groups is 2. The van der Waals surface area contributed by atoms with Crippen molar-refractivity contribution in [2.75, 3.05) is 52.7 Å². The molecule has 1 amide bonds. The Morgan fingerprint density at radius 1 is 1.22 bits per heavy atom. The third kappa shape index (κ3) is 8.63. The lowest BCUT2D eigenvalue weighted by Crippen LogP contribution is -2.43. The molecule has 2 heterocycles. The maximum absolute atomic E-state index is 12.3. The number of carbonyl (C=O) groups excluding carboxylic acids is 2. The number of piperidine rings is 1. The molecule has 1 N–H and O–H groups in total. The van der Waals surface area contributed by atoms with Gasteiger partial charge in [0.15, 0.2) is 6.10 Å². The van der Waals surface area contributed by atoms with Crippen LogP contribution in [0.2, 0.25) is 0 Å². The minimum atomic E-state index is -3.59. The van der Waals surface area contributed by atoms with Crippen molar-refractivity contribution in [3.05, 3.63) is 29.8 Å². The van der Waals surface area contributed by atoms with E-state index >= 15 is 0 Å². The standard InChI is InChI=1S/C25H39N3O7S/c1-4-5-14-36(31,32)26-23(24(29)33-3)15-19-6-8-21(9-7-19)34-18-22-17-28(25(30)35-22)16-20-10-12-27(2)13-11-20/h6-9,20,22-23,26H,4-5,10-18H2,1-3H3. The van der Waals surface area contributed by atoms with Crippen molar-refractivity contribution in [3.8, 4) is 5.75 Å². The second kappa shape index (κ2) is 13.3. The minimum absolute atomic E-state index is 0.0368. The van der Waals surface area contributed by atoms with E-state index in [1.54, 1.807) is 29.2 Å². The van der Waals surface area contributed by atoms with E-state index in [2.05, 4.69) is 16.7 Å². The maximum Gasteiger partial charge on any atom is 0.410 e. The second-order valence-electron chi connectivity index (χ2n) is 9.68. The predicted octanol–water partition coefficient (Wildman–Crippen LogP) is 2.03. The van der Waals surface area contributed by atoms with Gasteiger partial charge in [0.05, 0.1) is 19.4 Å². The Balaban J connectivity index is 1.48. The fraction of sp³-hybridized carbons (Fsp3) is 0.680. The van der Waals surface area contributed by atoms with Gasteiger partial charge in [0.25, 0.3) is 0 Å². The molecular weight excluding hydrogens is 486 g/mol. The first-order valence-corrected chi connectivity index (χ1v) is 14.3. The van der Waals surface area contributed by atoms with Gasteiger partial charge in [-0.05, 0) is 69.4 Å². The summed E-state index contributed by atoms with van der Waals surface area (Å²) in [5.41, 5.74) is 0.757. The van der Waals surface area contributed by atoms with Crippen LogP contribution in [-0.2, 0) is 30.7 Å². The Morgan fingerprint density at radius 3 is 2.56 bits per heavy atom. The highest BCUT2D eigenvalue weighted by atomic mass is 32.2. The summed E-state index contributed by atoms with van der Waals surface area (Å²) in [7, 11) is -0.236. The molecule has 0 saturated carbocycles. The van der Waals surface area contributed by atoms with Gasteiger partial charge in [0.2, 0.25) is 10.0 Å². The van der Waals surface area contributed by atoms with Crippen LogP contribution in [0.3, 0.4) is 0 Å². The molecule has 36 heavy (non-hydrogen) atoms. The molecule has 202 valence electrons. The number of rotatable bonds is 13. The van der Waals surface area contributed by atoms with E-state index in [4.69, 9.17) is 14.2 Å². The summed E-state index contributed by atoms with van der Waals surface area (Å²) in [5, 5.41) is 0. The zero-order chi connectivity index (χ0) is 26.1. The molecular formula is C25H39N3O7S. The molecule has 0 bridgehead atoms.